The number of anilines is 2. The highest BCUT2D eigenvalue weighted by Gasteiger charge is 2.22. The lowest BCUT2D eigenvalue weighted by Crippen LogP contribution is -2.47. The van der Waals surface area contributed by atoms with E-state index in [9.17, 15) is 4.39 Å². The van der Waals surface area contributed by atoms with Gasteiger partial charge in [-0.1, -0.05) is 12.1 Å². The van der Waals surface area contributed by atoms with Crippen molar-refractivity contribution < 1.29 is 4.39 Å². The fraction of sp³-hybridized carbons (Fsp3) is 0.259. The summed E-state index contributed by atoms with van der Waals surface area (Å²) in [4.78, 5) is 23.5. The largest absolute Gasteiger partial charge is 0.368 e. The van der Waals surface area contributed by atoms with Crippen LogP contribution in [0.1, 0.15) is 5.01 Å². The van der Waals surface area contributed by atoms with Gasteiger partial charge in [-0.05, 0) is 36.8 Å². The second-order valence-corrected chi connectivity index (χ2v) is 10.9. The van der Waals surface area contributed by atoms with E-state index in [0.717, 1.165) is 53.6 Å². The molecule has 11 nitrogen and oxygen atoms in total. The van der Waals surface area contributed by atoms with Crippen molar-refractivity contribution in [3.63, 3.8) is 0 Å². The van der Waals surface area contributed by atoms with Crippen LogP contribution in [0.2, 0.25) is 0 Å². The van der Waals surface area contributed by atoms with Crippen LogP contribution in [0.4, 0.5) is 16.0 Å². The Kier molecular flexibility index (Phi) is 6.09. The molecule has 1 fully saturated rings. The van der Waals surface area contributed by atoms with Gasteiger partial charge in [0.1, 0.15) is 11.5 Å². The monoisotopic (exact) mass is 555 g/mol. The minimum Gasteiger partial charge on any atom is -0.368 e. The summed E-state index contributed by atoms with van der Waals surface area (Å²) in [5.41, 5.74) is 9.82. The van der Waals surface area contributed by atoms with Crippen LogP contribution in [0.5, 0.6) is 0 Å². The average molecular weight is 556 g/mol. The zero-order chi connectivity index (χ0) is 27.2. The number of nitrogens with two attached hydrogens (primary N) is 1. The highest BCUT2D eigenvalue weighted by atomic mass is 32.1. The van der Waals surface area contributed by atoms with Crippen molar-refractivity contribution in [2.45, 2.75) is 13.5 Å². The molecule has 1 aliphatic rings. The van der Waals surface area contributed by atoms with E-state index in [1.165, 1.54) is 4.52 Å². The molecule has 6 heterocycles. The first-order valence-corrected chi connectivity index (χ1v) is 13.8. The molecule has 0 unspecified atom stereocenters. The van der Waals surface area contributed by atoms with Crippen molar-refractivity contribution >= 4 is 39.7 Å². The lowest BCUT2D eigenvalue weighted by molar-refractivity contribution is 0.245. The molecule has 0 bridgehead atoms. The molecule has 13 heteroatoms. The standard InChI is InChI=1S/C27H26FN11S/c1-17-31-16-23(40-17)18-5-6-20(28)22(14-18)37-11-8-36(9-12-37)10-13-38-25-19(15-32-38)26-33-24(21-4-2-3-7-30-21)35-39(26)27(29)34-25/h2-7,14-16H,8-13H2,1H3,(H2,29,34). The number of hydrogen-bond acceptors (Lipinski definition) is 10. The van der Waals surface area contributed by atoms with E-state index in [4.69, 9.17) is 5.73 Å². The molecule has 0 amide bonds. The van der Waals surface area contributed by atoms with Gasteiger partial charge in [0.2, 0.25) is 11.8 Å². The summed E-state index contributed by atoms with van der Waals surface area (Å²) in [6.45, 7) is 6.52. The molecule has 0 aliphatic carbocycles. The molecule has 1 aliphatic heterocycles. The Balaban J connectivity index is 1.04. The third-order valence-corrected chi connectivity index (χ3v) is 8.15. The average Bonchev–Trinajstić information content (AvgIpc) is 3.72. The highest BCUT2D eigenvalue weighted by Crippen LogP contribution is 2.31. The van der Waals surface area contributed by atoms with E-state index < -0.39 is 0 Å². The molecule has 7 rings (SSSR count). The zero-order valence-corrected chi connectivity index (χ0v) is 22.6. The molecule has 0 radical (unpaired) electrons. The minimum absolute atomic E-state index is 0.198. The Bertz CT molecular complexity index is 1820. The van der Waals surface area contributed by atoms with Gasteiger partial charge >= 0.3 is 0 Å². The molecule has 1 aromatic carbocycles. The number of aromatic nitrogens is 8. The molecule has 40 heavy (non-hydrogen) atoms. The number of benzene rings is 1. The fourth-order valence-corrected chi connectivity index (χ4v) is 5.85. The third kappa shape index (κ3) is 4.42. The van der Waals surface area contributed by atoms with Gasteiger partial charge in [-0.2, -0.15) is 14.6 Å². The Morgan fingerprint density at radius 3 is 2.62 bits per heavy atom. The van der Waals surface area contributed by atoms with Crippen LogP contribution in [0.3, 0.4) is 0 Å². The van der Waals surface area contributed by atoms with Crippen molar-refractivity contribution in [2.24, 2.45) is 0 Å². The lowest BCUT2D eigenvalue weighted by atomic mass is 10.1. The quantitative estimate of drug-likeness (QED) is 0.329. The van der Waals surface area contributed by atoms with E-state index in [1.807, 2.05) is 48.1 Å². The molecule has 2 N–H and O–H groups in total. The number of aryl methyl sites for hydroxylation is 1. The third-order valence-electron chi connectivity index (χ3n) is 7.18. The van der Waals surface area contributed by atoms with Gasteiger partial charge in [0.05, 0.1) is 33.7 Å². The molecular formula is C27H26FN11S. The molecule has 0 spiro atoms. The van der Waals surface area contributed by atoms with Crippen LogP contribution in [0, 0.1) is 12.7 Å². The first-order valence-electron chi connectivity index (χ1n) is 13.0. The molecule has 6 aromatic rings. The van der Waals surface area contributed by atoms with Crippen molar-refractivity contribution in [3.8, 4) is 22.0 Å². The summed E-state index contributed by atoms with van der Waals surface area (Å²) in [6.07, 6.45) is 5.31. The Morgan fingerprint density at radius 2 is 1.85 bits per heavy atom. The van der Waals surface area contributed by atoms with Gasteiger partial charge in [-0.25, -0.2) is 19.0 Å². The maximum atomic E-state index is 14.8. The van der Waals surface area contributed by atoms with Gasteiger partial charge in [-0.15, -0.1) is 16.4 Å². The number of halogens is 1. The van der Waals surface area contributed by atoms with Crippen molar-refractivity contribution in [1.29, 1.82) is 0 Å². The maximum Gasteiger partial charge on any atom is 0.225 e. The number of nitrogens with zero attached hydrogens (tertiary/aromatic N) is 10. The Labute approximate surface area is 232 Å². The molecule has 5 aromatic heterocycles. The van der Waals surface area contributed by atoms with Crippen molar-refractivity contribution in [3.05, 3.63) is 65.8 Å². The summed E-state index contributed by atoms with van der Waals surface area (Å²) in [6, 6.07) is 10.9. The predicted octanol–water partition coefficient (Wildman–Crippen LogP) is 3.51. The van der Waals surface area contributed by atoms with Gasteiger partial charge in [-0.3, -0.25) is 9.88 Å². The first kappa shape index (κ1) is 24.5. The van der Waals surface area contributed by atoms with Gasteiger partial charge in [0.25, 0.3) is 0 Å². The summed E-state index contributed by atoms with van der Waals surface area (Å²) >= 11 is 1.62. The van der Waals surface area contributed by atoms with Crippen LogP contribution in [-0.2, 0) is 6.54 Å². The van der Waals surface area contributed by atoms with Crippen molar-refractivity contribution in [2.75, 3.05) is 43.4 Å². The second-order valence-electron chi connectivity index (χ2n) is 9.70. The van der Waals surface area contributed by atoms with Gasteiger partial charge < -0.3 is 10.6 Å². The predicted molar refractivity (Wildman–Crippen MR) is 153 cm³/mol. The number of rotatable bonds is 6. The van der Waals surface area contributed by atoms with E-state index in [1.54, 1.807) is 29.8 Å². The molecule has 202 valence electrons. The zero-order valence-electron chi connectivity index (χ0n) is 21.8. The number of piperazine rings is 1. The van der Waals surface area contributed by atoms with Crippen LogP contribution in [0.25, 0.3) is 38.6 Å². The summed E-state index contributed by atoms with van der Waals surface area (Å²) in [5.74, 6) is 0.526. The number of hydrogen-bond donors (Lipinski definition) is 1. The topological polar surface area (TPSA) is 119 Å². The first-order chi connectivity index (χ1) is 19.5. The van der Waals surface area contributed by atoms with Crippen LogP contribution >= 0.6 is 11.3 Å². The summed E-state index contributed by atoms with van der Waals surface area (Å²) < 4.78 is 18.2. The Morgan fingerprint density at radius 1 is 0.975 bits per heavy atom. The van der Waals surface area contributed by atoms with Crippen LogP contribution in [-0.4, -0.2) is 77.0 Å². The molecule has 0 atom stereocenters. The summed E-state index contributed by atoms with van der Waals surface area (Å²) in [5, 5.41) is 10.9. The van der Waals surface area contributed by atoms with Crippen LogP contribution < -0.4 is 10.6 Å². The van der Waals surface area contributed by atoms with E-state index in [0.29, 0.717) is 35.0 Å². The van der Waals surface area contributed by atoms with Gasteiger partial charge in [0.15, 0.2) is 11.3 Å². The van der Waals surface area contributed by atoms with Crippen LogP contribution in [0.15, 0.2) is 55.0 Å². The van der Waals surface area contributed by atoms with Gasteiger partial charge in [0, 0.05) is 45.1 Å². The summed E-state index contributed by atoms with van der Waals surface area (Å²) in [7, 11) is 0. The maximum absolute atomic E-state index is 14.8. The second kappa shape index (κ2) is 9.92. The van der Waals surface area contributed by atoms with Crippen molar-refractivity contribution in [1.82, 2.24) is 44.2 Å². The smallest absolute Gasteiger partial charge is 0.225 e. The molecular weight excluding hydrogens is 529 g/mol. The number of nitrogen functional groups attached to an aromatic ring is 1. The number of thiazole rings is 1. The SMILES string of the molecule is Cc1ncc(-c2ccc(F)c(N3CCN(CCn4ncc5c4nc(N)n4nc(-c6ccccn6)nc54)CC3)c2)s1. The highest BCUT2D eigenvalue weighted by molar-refractivity contribution is 7.15. The molecule has 1 saturated heterocycles. The lowest BCUT2D eigenvalue weighted by Gasteiger charge is -2.36. The van der Waals surface area contributed by atoms with E-state index >= 15 is 0 Å². The molecule has 0 saturated carbocycles. The number of fused-ring (bicyclic) bond motifs is 3. The van der Waals surface area contributed by atoms with E-state index in [2.05, 4.69) is 39.9 Å². The number of pyridine rings is 1. The Hall–Kier alpha value is -4.49. The minimum atomic E-state index is -0.198. The normalized spacial score (nSPS) is 14.5. The van der Waals surface area contributed by atoms with E-state index in [-0.39, 0.29) is 11.8 Å². The fourth-order valence-electron chi connectivity index (χ4n) is 5.08.